The molecule has 8 nitrogen and oxygen atoms in total. The summed E-state index contributed by atoms with van der Waals surface area (Å²) in [6.45, 7) is 3.80. The van der Waals surface area contributed by atoms with Crippen molar-refractivity contribution in [3.63, 3.8) is 0 Å². The first-order chi connectivity index (χ1) is 12.3. The molecule has 2 N–H and O–H groups in total. The maximum Gasteiger partial charge on any atom is 0.334 e. The number of rotatable bonds is 4. The zero-order chi connectivity index (χ0) is 18.8. The van der Waals surface area contributed by atoms with Gasteiger partial charge in [0.1, 0.15) is 0 Å². The van der Waals surface area contributed by atoms with Crippen molar-refractivity contribution < 1.29 is 28.6 Å². The molecule has 2 amide bonds. The lowest BCUT2D eigenvalue weighted by Gasteiger charge is -2.34. The maximum absolute atomic E-state index is 12.8. The Labute approximate surface area is 153 Å². The number of morpholine rings is 1. The second-order valence-electron chi connectivity index (χ2n) is 6.04. The third kappa shape index (κ3) is 3.78. The molecule has 2 aromatic rings. The molecule has 1 fully saturated rings. The fourth-order valence-electron chi connectivity index (χ4n) is 2.73. The van der Waals surface area contributed by atoms with Crippen LogP contribution in [0.5, 0.6) is 0 Å². The first kappa shape index (κ1) is 18.2. The minimum Gasteiger partial charge on any atom is -0.479 e. The zero-order valence-electron chi connectivity index (χ0n) is 14.2. The molecule has 26 heavy (non-hydrogen) atoms. The molecular weight excluding hydrogens is 360 g/mol. The number of nitrogens with zero attached hydrogens (tertiary/aromatic N) is 1. The number of carbonyl (C=O) groups is 3. The van der Waals surface area contributed by atoms with Crippen LogP contribution in [0.3, 0.4) is 0 Å². The largest absolute Gasteiger partial charge is 0.479 e. The van der Waals surface area contributed by atoms with E-state index in [-0.39, 0.29) is 24.3 Å². The van der Waals surface area contributed by atoms with E-state index in [9.17, 15) is 14.4 Å². The molecular formula is C17H18N2O6S. The Bertz CT molecular complexity index is 828. The van der Waals surface area contributed by atoms with Crippen LogP contribution in [0.15, 0.2) is 28.9 Å². The monoisotopic (exact) mass is 378 g/mol. The van der Waals surface area contributed by atoms with E-state index < -0.39 is 18.0 Å². The summed E-state index contributed by atoms with van der Waals surface area (Å²) in [5.41, 5.74) is 0.709. The van der Waals surface area contributed by atoms with Crippen molar-refractivity contribution in [3.8, 4) is 0 Å². The van der Waals surface area contributed by atoms with Gasteiger partial charge in [0, 0.05) is 6.54 Å². The van der Waals surface area contributed by atoms with Gasteiger partial charge in [-0.2, -0.15) is 0 Å². The fourth-order valence-corrected chi connectivity index (χ4v) is 3.77. The number of anilines is 1. The van der Waals surface area contributed by atoms with Crippen LogP contribution >= 0.6 is 11.3 Å². The number of amides is 2. The van der Waals surface area contributed by atoms with E-state index in [2.05, 4.69) is 5.32 Å². The van der Waals surface area contributed by atoms with Crippen LogP contribution in [-0.4, -0.2) is 53.1 Å². The van der Waals surface area contributed by atoms with E-state index in [1.807, 2.05) is 0 Å². The number of nitrogens with one attached hydrogen (secondary N) is 1. The van der Waals surface area contributed by atoms with Crippen molar-refractivity contribution in [2.45, 2.75) is 26.1 Å². The molecule has 0 bridgehead atoms. The predicted octanol–water partition coefficient (Wildman–Crippen LogP) is 2.22. The van der Waals surface area contributed by atoms with Crippen LogP contribution in [0.1, 0.15) is 32.7 Å². The van der Waals surface area contributed by atoms with E-state index in [1.54, 1.807) is 32.0 Å². The van der Waals surface area contributed by atoms with Gasteiger partial charge in [0.25, 0.3) is 11.8 Å². The van der Waals surface area contributed by atoms with Crippen molar-refractivity contribution in [2.75, 3.05) is 18.4 Å². The molecule has 0 saturated carbocycles. The number of thiophene rings is 1. The van der Waals surface area contributed by atoms with Crippen molar-refractivity contribution >= 4 is 34.1 Å². The Balaban J connectivity index is 1.74. The highest BCUT2D eigenvalue weighted by molar-refractivity contribution is 7.18. The average Bonchev–Trinajstić information content (AvgIpc) is 3.23. The van der Waals surface area contributed by atoms with E-state index in [0.29, 0.717) is 22.0 Å². The molecule has 3 heterocycles. The van der Waals surface area contributed by atoms with Crippen LogP contribution in [0.25, 0.3) is 0 Å². The third-order valence-electron chi connectivity index (χ3n) is 3.92. The predicted molar refractivity (Wildman–Crippen MR) is 93.6 cm³/mol. The summed E-state index contributed by atoms with van der Waals surface area (Å²) in [5.74, 6) is -1.59. The summed E-state index contributed by atoms with van der Waals surface area (Å²) in [6.07, 6.45) is -0.00423. The van der Waals surface area contributed by atoms with Crippen molar-refractivity contribution in [3.05, 3.63) is 40.7 Å². The number of carboxylic acids is 1. The zero-order valence-corrected chi connectivity index (χ0v) is 15.0. The number of aliphatic carboxylic acids is 1. The van der Waals surface area contributed by atoms with Gasteiger partial charge >= 0.3 is 5.97 Å². The van der Waals surface area contributed by atoms with Gasteiger partial charge < -0.3 is 24.5 Å². The van der Waals surface area contributed by atoms with Gasteiger partial charge in [-0.15, -0.1) is 11.3 Å². The number of aryl methyl sites for hydroxylation is 1. The van der Waals surface area contributed by atoms with Crippen LogP contribution in [-0.2, 0) is 9.53 Å². The standard InChI is InChI=1S/C17H18N2O6S/c1-9-6-13(18-15(20)11-4-3-5-24-11)26-14(9)16(21)19-7-10(2)25-12(8-19)17(22)23/h3-6,10,12H,7-8H2,1-2H3,(H,18,20)(H,22,23)/t10-,12?/m1/s1. The maximum atomic E-state index is 12.8. The average molecular weight is 378 g/mol. The number of carbonyl (C=O) groups excluding carboxylic acids is 2. The molecule has 3 rings (SSSR count). The molecule has 1 saturated heterocycles. The van der Waals surface area contributed by atoms with E-state index in [0.717, 1.165) is 11.3 Å². The van der Waals surface area contributed by atoms with Gasteiger partial charge in [-0.05, 0) is 37.6 Å². The Morgan fingerprint density at radius 1 is 1.35 bits per heavy atom. The molecule has 0 spiro atoms. The molecule has 1 unspecified atom stereocenters. The lowest BCUT2D eigenvalue weighted by molar-refractivity contribution is -0.160. The summed E-state index contributed by atoms with van der Waals surface area (Å²) >= 11 is 1.14. The van der Waals surface area contributed by atoms with Gasteiger partial charge in [-0.3, -0.25) is 9.59 Å². The highest BCUT2D eigenvalue weighted by Crippen LogP contribution is 2.29. The smallest absolute Gasteiger partial charge is 0.334 e. The van der Waals surface area contributed by atoms with Crippen LogP contribution in [0, 0.1) is 6.92 Å². The van der Waals surface area contributed by atoms with E-state index >= 15 is 0 Å². The molecule has 2 atom stereocenters. The van der Waals surface area contributed by atoms with Gasteiger partial charge in [-0.25, -0.2) is 4.79 Å². The summed E-state index contributed by atoms with van der Waals surface area (Å²) in [7, 11) is 0. The van der Waals surface area contributed by atoms with Crippen LogP contribution < -0.4 is 5.32 Å². The SMILES string of the molecule is Cc1cc(NC(=O)c2ccco2)sc1C(=O)N1CC(C(=O)O)O[C@H](C)C1. The number of ether oxygens (including phenoxy) is 1. The molecule has 138 valence electrons. The third-order valence-corrected chi connectivity index (χ3v) is 5.06. The lowest BCUT2D eigenvalue weighted by atomic mass is 10.2. The van der Waals surface area contributed by atoms with Crippen LogP contribution in [0.2, 0.25) is 0 Å². The van der Waals surface area contributed by atoms with Gasteiger partial charge in [0.15, 0.2) is 11.9 Å². The van der Waals surface area contributed by atoms with Crippen molar-refractivity contribution in [1.29, 1.82) is 0 Å². The molecule has 0 radical (unpaired) electrons. The molecule has 0 aromatic carbocycles. The van der Waals surface area contributed by atoms with Gasteiger partial charge in [-0.1, -0.05) is 0 Å². The second-order valence-corrected chi connectivity index (χ2v) is 7.09. The Hall–Kier alpha value is -2.65. The Morgan fingerprint density at radius 3 is 2.77 bits per heavy atom. The molecule has 9 heteroatoms. The second kappa shape index (κ2) is 7.30. The quantitative estimate of drug-likeness (QED) is 0.844. The number of hydrogen-bond donors (Lipinski definition) is 2. The topological polar surface area (TPSA) is 109 Å². The number of hydrogen-bond acceptors (Lipinski definition) is 6. The summed E-state index contributed by atoms with van der Waals surface area (Å²) in [6, 6.07) is 4.86. The highest BCUT2D eigenvalue weighted by atomic mass is 32.1. The summed E-state index contributed by atoms with van der Waals surface area (Å²) in [4.78, 5) is 38.0. The van der Waals surface area contributed by atoms with E-state index in [1.165, 1.54) is 11.2 Å². The lowest BCUT2D eigenvalue weighted by Crippen LogP contribution is -2.51. The molecule has 1 aliphatic rings. The first-order valence-corrected chi connectivity index (χ1v) is 8.79. The summed E-state index contributed by atoms with van der Waals surface area (Å²) in [5, 5.41) is 12.4. The van der Waals surface area contributed by atoms with E-state index in [4.69, 9.17) is 14.3 Å². The Morgan fingerprint density at radius 2 is 2.12 bits per heavy atom. The summed E-state index contributed by atoms with van der Waals surface area (Å²) < 4.78 is 10.4. The highest BCUT2D eigenvalue weighted by Gasteiger charge is 2.34. The van der Waals surface area contributed by atoms with Gasteiger partial charge in [0.05, 0.1) is 28.8 Å². The molecule has 0 aliphatic carbocycles. The van der Waals surface area contributed by atoms with Gasteiger partial charge in [0.2, 0.25) is 0 Å². The van der Waals surface area contributed by atoms with Crippen molar-refractivity contribution in [2.24, 2.45) is 0 Å². The molecule has 2 aromatic heterocycles. The van der Waals surface area contributed by atoms with Crippen molar-refractivity contribution in [1.82, 2.24) is 4.90 Å². The number of carboxylic acid groups (broad SMARTS) is 1. The minimum atomic E-state index is -1.09. The minimum absolute atomic E-state index is 0.00999. The fraction of sp³-hybridized carbons (Fsp3) is 0.353. The number of furan rings is 1. The first-order valence-electron chi connectivity index (χ1n) is 7.98. The normalized spacial score (nSPS) is 20.0. The Kier molecular flexibility index (Phi) is 5.10. The van der Waals surface area contributed by atoms with Crippen LogP contribution in [0.4, 0.5) is 5.00 Å². The molecule has 1 aliphatic heterocycles.